The van der Waals surface area contributed by atoms with Gasteiger partial charge in [0.05, 0.1) is 22.9 Å². The average molecular weight is 503 g/mol. The molecule has 4 aromatic heterocycles. The van der Waals surface area contributed by atoms with E-state index in [1.807, 2.05) is 75.8 Å². The maximum Gasteiger partial charge on any atom is 0.224 e. The van der Waals surface area contributed by atoms with Crippen molar-refractivity contribution in [1.82, 2.24) is 30.5 Å². The van der Waals surface area contributed by atoms with Crippen molar-refractivity contribution in [1.29, 1.82) is 0 Å². The lowest BCUT2D eigenvalue weighted by atomic mass is 10.0. The van der Waals surface area contributed by atoms with Crippen LogP contribution in [0.15, 0.2) is 91.7 Å². The van der Waals surface area contributed by atoms with E-state index in [1.54, 1.807) is 12.3 Å². The van der Waals surface area contributed by atoms with Crippen LogP contribution in [0.5, 0.6) is 0 Å². The van der Waals surface area contributed by atoms with Crippen LogP contribution in [0, 0.1) is 5.92 Å². The number of aromatic amines is 2. The first kappa shape index (κ1) is 24.9. The van der Waals surface area contributed by atoms with Gasteiger partial charge in [0.2, 0.25) is 5.91 Å². The molecule has 3 N–H and O–H groups in total. The van der Waals surface area contributed by atoms with Crippen LogP contribution in [-0.2, 0) is 4.79 Å². The van der Waals surface area contributed by atoms with Gasteiger partial charge in [0.15, 0.2) is 0 Å². The van der Waals surface area contributed by atoms with Crippen LogP contribution in [0.3, 0.4) is 0 Å². The van der Waals surface area contributed by atoms with Crippen LogP contribution in [0.2, 0.25) is 0 Å². The van der Waals surface area contributed by atoms with Gasteiger partial charge < -0.3 is 10.3 Å². The van der Waals surface area contributed by atoms with E-state index in [4.69, 9.17) is 0 Å². The summed E-state index contributed by atoms with van der Waals surface area (Å²) in [5.41, 5.74) is 8.29. The molecular formula is C31H30N6O. The van der Waals surface area contributed by atoms with Crippen LogP contribution in [0.1, 0.15) is 32.8 Å². The zero-order valence-electron chi connectivity index (χ0n) is 21.7. The van der Waals surface area contributed by atoms with Gasteiger partial charge in [-0.2, -0.15) is 5.10 Å². The number of amides is 1. The summed E-state index contributed by atoms with van der Waals surface area (Å²) in [7, 11) is 0. The van der Waals surface area contributed by atoms with E-state index in [0.717, 1.165) is 61.2 Å². The number of nitrogens with one attached hydrogen (secondary N) is 3. The molecule has 0 radical (unpaired) electrons. The van der Waals surface area contributed by atoms with E-state index in [2.05, 4.69) is 49.2 Å². The van der Waals surface area contributed by atoms with Crippen molar-refractivity contribution in [3.05, 3.63) is 97.3 Å². The first-order valence-electron chi connectivity index (χ1n) is 12.6. The van der Waals surface area contributed by atoms with Gasteiger partial charge in [-0.15, -0.1) is 0 Å². The zero-order valence-corrected chi connectivity index (χ0v) is 21.7. The molecule has 0 saturated heterocycles. The summed E-state index contributed by atoms with van der Waals surface area (Å²) in [4.78, 5) is 24.4. The van der Waals surface area contributed by atoms with Gasteiger partial charge in [-0.05, 0) is 54.3 Å². The van der Waals surface area contributed by atoms with Gasteiger partial charge in [-0.25, -0.2) is 0 Å². The number of aromatic nitrogens is 5. The lowest BCUT2D eigenvalue weighted by Gasteiger charge is -2.09. The average Bonchev–Trinajstić information content (AvgIpc) is 3.52. The predicted molar refractivity (Wildman–Crippen MR) is 154 cm³/mol. The Morgan fingerprint density at radius 2 is 1.95 bits per heavy atom. The molecular weight excluding hydrogens is 472 g/mol. The molecule has 0 aliphatic heterocycles. The molecule has 5 rings (SSSR count). The zero-order chi connectivity index (χ0) is 26.6. The van der Waals surface area contributed by atoms with Crippen LogP contribution in [0.4, 0.5) is 0 Å². The fourth-order valence-corrected chi connectivity index (χ4v) is 4.60. The number of H-pyrrole nitrogens is 2. The Bertz CT molecular complexity index is 1690. The number of nitrogens with zero attached hydrogens (tertiary/aromatic N) is 3. The molecule has 4 heterocycles. The summed E-state index contributed by atoms with van der Waals surface area (Å²) in [5.74, 6) is 0.312. The number of hydrogen-bond donors (Lipinski definition) is 3. The van der Waals surface area contributed by atoms with Crippen LogP contribution >= 0.6 is 0 Å². The predicted octanol–water partition coefficient (Wildman–Crippen LogP) is 6.80. The van der Waals surface area contributed by atoms with Crippen LogP contribution < -0.4 is 5.32 Å². The van der Waals surface area contributed by atoms with Crippen molar-refractivity contribution in [2.45, 2.75) is 27.2 Å². The fraction of sp³-hybridized carbons (Fsp3) is 0.161. The minimum atomic E-state index is 0.0123. The number of hydrogen-bond acceptors (Lipinski definition) is 4. The maximum atomic E-state index is 12.3. The Kier molecular flexibility index (Phi) is 7.00. The molecule has 190 valence electrons. The van der Waals surface area contributed by atoms with Crippen molar-refractivity contribution < 1.29 is 4.79 Å². The van der Waals surface area contributed by atoms with Crippen LogP contribution in [-0.4, -0.2) is 31.1 Å². The first-order chi connectivity index (χ1) is 18.4. The topological polar surface area (TPSA) is 99.3 Å². The number of carbonyl (C=O) groups excluding carboxylic acids is 1. The second kappa shape index (κ2) is 10.7. The van der Waals surface area contributed by atoms with E-state index in [9.17, 15) is 4.79 Å². The molecule has 38 heavy (non-hydrogen) atoms. The first-order valence-corrected chi connectivity index (χ1v) is 12.6. The maximum absolute atomic E-state index is 12.3. The highest BCUT2D eigenvalue weighted by molar-refractivity contribution is 6.01. The molecule has 0 aliphatic rings. The standard InChI is InChI=1S/C31H30N6O/c1-5-7-21(13-20(4)34-30(38)12-19(2)3)22-9-10-27-25(14-22)31(37-36-27)28-15-24-26(17-33-18-29(24)35-28)23-8-6-11-32-16-23/h5-11,13-19,35H,1,12H2,2-4H3,(H,34,38)(H,36,37)/b20-13+,21-7+. The van der Waals surface area contributed by atoms with Crippen molar-refractivity contribution in [2.24, 2.45) is 5.92 Å². The molecule has 0 unspecified atom stereocenters. The fourth-order valence-electron chi connectivity index (χ4n) is 4.60. The summed E-state index contributed by atoms with van der Waals surface area (Å²) < 4.78 is 0. The van der Waals surface area contributed by atoms with E-state index in [0.29, 0.717) is 12.3 Å². The molecule has 0 saturated carbocycles. The van der Waals surface area contributed by atoms with Crippen molar-refractivity contribution >= 4 is 33.3 Å². The molecule has 7 nitrogen and oxygen atoms in total. The van der Waals surface area contributed by atoms with Gasteiger partial charge in [0, 0.05) is 52.6 Å². The lowest BCUT2D eigenvalue weighted by molar-refractivity contribution is -0.121. The van der Waals surface area contributed by atoms with E-state index in [-0.39, 0.29) is 5.91 Å². The SMILES string of the molecule is C=C/C=C(\C=C(/C)NC(=O)CC(C)C)c1ccc2[nH]nc(-c3cc4c(-c5cccnc5)cncc4[nH]3)c2c1. The summed E-state index contributed by atoms with van der Waals surface area (Å²) in [6.45, 7) is 9.84. The molecule has 1 amide bonds. The Labute approximate surface area is 221 Å². The Morgan fingerprint density at radius 1 is 1.08 bits per heavy atom. The van der Waals surface area contributed by atoms with Crippen molar-refractivity contribution in [2.75, 3.05) is 0 Å². The van der Waals surface area contributed by atoms with Crippen molar-refractivity contribution in [3.63, 3.8) is 0 Å². The number of benzene rings is 1. The monoisotopic (exact) mass is 502 g/mol. The third kappa shape index (κ3) is 5.18. The molecule has 7 heteroatoms. The Morgan fingerprint density at radius 3 is 2.71 bits per heavy atom. The van der Waals surface area contributed by atoms with Gasteiger partial charge in [0.1, 0.15) is 5.69 Å². The molecule has 1 aromatic carbocycles. The number of rotatable bonds is 8. The largest absolute Gasteiger partial charge is 0.352 e. The van der Waals surface area contributed by atoms with E-state index >= 15 is 0 Å². The minimum Gasteiger partial charge on any atom is -0.352 e. The van der Waals surface area contributed by atoms with Gasteiger partial charge in [-0.3, -0.25) is 19.9 Å². The van der Waals surface area contributed by atoms with Gasteiger partial charge in [0.25, 0.3) is 0 Å². The van der Waals surface area contributed by atoms with Gasteiger partial charge >= 0.3 is 0 Å². The highest BCUT2D eigenvalue weighted by Gasteiger charge is 2.15. The minimum absolute atomic E-state index is 0.0123. The second-order valence-electron chi connectivity index (χ2n) is 9.74. The normalized spacial score (nSPS) is 12.4. The Balaban J connectivity index is 1.53. The quantitative estimate of drug-likeness (QED) is 0.203. The Hall–Kier alpha value is -4.78. The van der Waals surface area contributed by atoms with Crippen LogP contribution in [0.25, 0.3) is 49.9 Å². The smallest absolute Gasteiger partial charge is 0.224 e. The molecule has 0 spiro atoms. The van der Waals surface area contributed by atoms with Gasteiger partial charge in [-0.1, -0.05) is 44.7 Å². The molecule has 0 aliphatic carbocycles. The molecule has 0 bridgehead atoms. The van der Waals surface area contributed by atoms with E-state index < -0.39 is 0 Å². The third-order valence-corrected chi connectivity index (χ3v) is 6.27. The van der Waals surface area contributed by atoms with E-state index in [1.165, 1.54) is 0 Å². The number of carbonyl (C=O) groups is 1. The lowest BCUT2D eigenvalue weighted by Crippen LogP contribution is -2.22. The summed E-state index contributed by atoms with van der Waals surface area (Å²) in [6.07, 6.45) is 13.4. The molecule has 0 atom stereocenters. The summed E-state index contributed by atoms with van der Waals surface area (Å²) >= 11 is 0. The molecule has 0 fully saturated rings. The summed E-state index contributed by atoms with van der Waals surface area (Å²) in [6, 6.07) is 12.2. The molecule has 5 aromatic rings. The number of fused-ring (bicyclic) bond motifs is 2. The number of allylic oxidation sites excluding steroid dienone is 5. The number of pyridine rings is 2. The van der Waals surface area contributed by atoms with Crippen molar-refractivity contribution in [3.8, 4) is 22.5 Å². The highest BCUT2D eigenvalue weighted by Crippen LogP contribution is 2.34. The summed E-state index contributed by atoms with van der Waals surface area (Å²) in [5, 5.41) is 12.8. The third-order valence-electron chi connectivity index (χ3n) is 6.27. The second-order valence-corrected chi connectivity index (χ2v) is 9.74. The highest BCUT2D eigenvalue weighted by atomic mass is 16.1.